The van der Waals surface area contributed by atoms with Crippen LogP contribution in [0.25, 0.3) is 0 Å². The Morgan fingerprint density at radius 1 is 1.09 bits per heavy atom. The molecule has 0 N–H and O–H groups in total. The fourth-order valence-corrected chi connectivity index (χ4v) is 1.57. The Morgan fingerprint density at radius 3 is 1.82 bits per heavy atom. The van der Waals surface area contributed by atoms with Gasteiger partial charge in [0.1, 0.15) is 0 Å². The Kier molecular flexibility index (Phi) is 7.40. The van der Waals surface area contributed by atoms with Crippen molar-refractivity contribution in [2.75, 3.05) is 13.1 Å². The van der Waals surface area contributed by atoms with Crippen molar-refractivity contribution in [3.05, 3.63) is 0 Å². The Morgan fingerprint density at radius 2 is 1.55 bits per heavy atom. The summed E-state index contributed by atoms with van der Waals surface area (Å²) in [5.74, 6) is 2.03. The van der Waals surface area contributed by atoms with Gasteiger partial charge >= 0.3 is 22.1 Å². The Labute approximate surface area is 78.3 Å². The third kappa shape index (κ3) is 4.81. The zero-order valence-corrected chi connectivity index (χ0v) is 9.15. The van der Waals surface area contributed by atoms with E-state index in [9.17, 15) is 8.42 Å². The summed E-state index contributed by atoms with van der Waals surface area (Å²) in [5.41, 5.74) is 0. The minimum absolute atomic E-state index is 0.718. The predicted octanol–water partition coefficient (Wildman–Crippen LogP) is 0.632. The van der Waals surface area contributed by atoms with E-state index in [-0.39, 0.29) is 0 Å². The van der Waals surface area contributed by atoms with Crippen molar-refractivity contribution < 1.29 is 8.42 Å². The van der Waals surface area contributed by atoms with Crippen molar-refractivity contribution in [2.24, 2.45) is 0 Å². The van der Waals surface area contributed by atoms with E-state index in [0.29, 0.717) is 0 Å². The third-order valence-corrected chi connectivity index (χ3v) is 2.31. The number of nitrogens with zero attached hydrogens (tertiary/aromatic N) is 1. The molecule has 0 aromatic carbocycles. The molecule has 1 saturated heterocycles. The van der Waals surface area contributed by atoms with Gasteiger partial charge in [-0.15, -0.1) is 0 Å². The molecule has 0 aliphatic carbocycles. The summed E-state index contributed by atoms with van der Waals surface area (Å²) in [7, 11) is -1.97. The van der Waals surface area contributed by atoms with Crippen LogP contribution in [-0.4, -0.2) is 33.7 Å². The van der Waals surface area contributed by atoms with Crippen LogP contribution in [0.3, 0.4) is 0 Å². The quantitative estimate of drug-likeness (QED) is 0.450. The minimum atomic E-state index is -1.97. The van der Waals surface area contributed by atoms with Crippen molar-refractivity contribution >= 4 is 27.2 Å². The van der Waals surface area contributed by atoms with Gasteiger partial charge < -0.3 is 12.7 Å². The molecular weight excluding hydrogens is 177 g/mol. The van der Waals surface area contributed by atoms with E-state index in [2.05, 4.69) is 0 Å². The van der Waals surface area contributed by atoms with Crippen LogP contribution < -0.4 is 0 Å². The first kappa shape index (κ1) is 11.4. The molecule has 1 heterocycles. The second kappa shape index (κ2) is 7.11. The van der Waals surface area contributed by atoms with Crippen molar-refractivity contribution in [2.45, 2.75) is 25.0 Å². The SMILES string of the molecule is O=[S-](=O)N1CCCCC1.[CH3][AlH+]. The van der Waals surface area contributed by atoms with Crippen molar-refractivity contribution in [3.8, 4) is 0 Å². The molecule has 0 saturated carbocycles. The summed E-state index contributed by atoms with van der Waals surface area (Å²) >= 11 is 1.86. The molecule has 1 fully saturated rings. The molecule has 1 aliphatic rings. The average molecular weight is 191 g/mol. The first-order valence-electron chi connectivity index (χ1n) is 3.86. The summed E-state index contributed by atoms with van der Waals surface area (Å²) in [6, 6.07) is 0. The van der Waals surface area contributed by atoms with Gasteiger partial charge in [-0.3, -0.25) is 0 Å². The molecule has 5 heteroatoms. The summed E-state index contributed by atoms with van der Waals surface area (Å²) < 4.78 is 22.0. The van der Waals surface area contributed by atoms with E-state index < -0.39 is 10.9 Å². The van der Waals surface area contributed by atoms with E-state index in [1.165, 1.54) is 10.7 Å². The van der Waals surface area contributed by atoms with E-state index >= 15 is 0 Å². The van der Waals surface area contributed by atoms with Crippen LogP contribution in [0.4, 0.5) is 0 Å². The molecule has 0 atom stereocenters. The second-order valence-electron chi connectivity index (χ2n) is 2.21. The molecule has 11 heavy (non-hydrogen) atoms. The number of hydrogen-bond acceptors (Lipinski definition) is 3. The Hall–Kier alpha value is 0.442. The molecule has 0 spiro atoms. The number of rotatable bonds is 1. The summed E-state index contributed by atoms with van der Waals surface area (Å²) in [6.45, 7) is 1.44. The zero-order chi connectivity index (χ0) is 8.69. The standard InChI is InChI=1S/C5H10NO2S.CH3.Al.H/c7-9(8)6-4-2-1-3-5-6;;;/h1-5H2;1H3;;/q-1;;+1;. The van der Waals surface area contributed by atoms with Crippen LogP contribution in [0.1, 0.15) is 19.3 Å². The van der Waals surface area contributed by atoms with Gasteiger partial charge in [0.05, 0.1) is 0 Å². The molecule has 64 valence electrons. The van der Waals surface area contributed by atoms with E-state index in [1.54, 1.807) is 0 Å². The van der Waals surface area contributed by atoms with E-state index in [1.807, 2.05) is 22.1 Å². The van der Waals surface area contributed by atoms with Crippen molar-refractivity contribution in [1.29, 1.82) is 0 Å². The molecule has 0 radical (unpaired) electrons. The van der Waals surface area contributed by atoms with Gasteiger partial charge in [-0.1, -0.05) is 6.42 Å². The Balaban J connectivity index is 0.000000461. The van der Waals surface area contributed by atoms with Gasteiger partial charge in [0.15, 0.2) is 0 Å². The second-order valence-corrected chi connectivity index (χ2v) is 3.16. The number of hydrogen-bond donors (Lipinski definition) is 0. The van der Waals surface area contributed by atoms with Crippen molar-refractivity contribution in [1.82, 2.24) is 4.31 Å². The topological polar surface area (TPSA) is 37.4 Å². The van der Waals surface area contributed by atoms with Crippen molar-refractivity contribution in [3.63, 3.8) is 0 Å². The molecule has 0 bridgehead atoms. The molecule has 3 nitrogen and oxygen atoms in total. The maximum absolute atomic E-state index is 10.3. The van der Waals surface area contributed by atoms with Crippen LogP contribution in [0, 0.1) is 0 Å². The molecule has 0 unspecified atom stereocenters. The van der Waals surface area contributed by atoms with Crippen LogP contribution in [-0.2, 0) is 19.3 Å². The summed E-state index contributed by atoms with van der Waals surface area (Å²) in [6.07, 6.45) is 3.22. The van der Waals surface area contributed by atoms with Gasteiger partial charge in [0.2, 0.25) is 0 Å². The van der Waals surface area contributed by atoms with Crippen LogP contribution >= 0.6 is 0 Å². The van der Waals surface area contributed by atoms with Crippen LogP contribution in [0.5, 0.6) is 0 Å². The summed E-state index contributed by atoms with van der Waals surface area (Å²) in [4.78, 5) is 0. The fraction of sp³-hybridized carbons (Fsp3) is 1.00. The van der Waals surface area contributed by atoms with Gasteiger partial charge in [-0.2, -0.15) is 0 Å². The monoisotopic (exact) mass is 191 g/mol. The molecule has 1 rings (SSSR count). The van der Waals surface area contributed by atoms with Gasteiger partial charge in [0.25, 0.3) is 0 Å². The molecule has 0 aromatic heterocycles. The fourth-order valence-electron chi connectivity index (χ4n) is 1.01. The van der Waals surface area contributed by atoms with Crippen LogP contribution in [0.2, 0.25) is 5.79 Å². The zero-order valence-electron chi connectivity index (χ0n) is 6.91. The first-order valence-corrected chi connectivity index (χ1v) is 6.30. The predicted molar refractivity (Wildman–Crippen MR) is 47.2 cm³/mol. The molecule has 0 aromatic rings. The maximum atomic E-state index is 10.3. The van der Waals surface area contributed by atoms with Gasteiger partial charge in [-0.25, -0.2) is 0 Å². The van der Waals surface area contributed by atoms with E-state index in [4.69, 9.17) is 0 Å². The number of piperidine rings is 1. The summed E-state index contributed by atoms with van der Waals surface area (Å²) in [5, 5.41) is 0. The average Bonchev–Trinajstić information content (AvgIpc) is 2.10. The molecule has 1 aliphatic heterocycles. The van der Waals surface area contributed by atoms with Crippen LogP contribution in [0.15, 0.2) is 0 Å². The molecule has 0 amide bonds. The van der Waals surface area contributed by atoms with Gasteiger partial charge in [-0.05, 0) is 36.8 Å². The van der Waals surface area contributed by atoms with E-state index in [0.717, 1.165) is 25.9 Å². The Bertz CT molecular complexity index is 147. The normalized spacial score (nSPS) is 19.0. The molecular formula is C6H14AlNO2S. The first-order chi connectivity index (χ1) is 5.30. The van der Waals surface area contributed by atoms with Gasteiger partial charge in [0, 0.05) is 0 Å². The third-order valence-electron chi connectivity index (χ3n) is 1.53.